The molecule has 1 aromatic carbocycles. The van der Waals surface area contributed by atoms with E-state index in [4.69, 9.17) is 17.3 Å². The molecule has 0 aliphatic heterocycles. The lowest BCUT2D eigenvalue weighted by Crippen LogP contribution is -2.38. The summed E-state index contributed by atoms with van der Waals surface area (Å²) in [5.41, 5.74) is 7.79. The zero-order valence-electron chi connectivity index (χ0n) is 10.3. The van der Waals surface area contributed by atoms with E-state index < -0.39 is 5.54 Å². The van der Waals surface area contributed by atoms with Crippen LogP contribution in [0.25, 0.3) is 0 Å². The van der Waals surface area contributed by atoms with Crippen LogP contribution >= 0.6 is 11.6 Å². The van der Waals surface area contributed by atoms with Crippen molar-refractivity contribution in [1.29, 1.82) is 0 Å². The van der Waals surface area contributed by atoms with Gasteiger partial charge in [0, 0.05) is 16.1 Å². The zero-order chi connectivity index (χ0) is 12.5. The van der Waals surface area contributed by atoms with Gasteiger partial charge in [0.15, 0.2) is 0 Å². The van der Waals surface area contributed by atoms with Crippen molar-refractivity contribution in [2.24, 2.45) is 5.73 Å². The second kappa shape index (κ2) is 4.87. The maximum atomic E-state index is 10.3. The monoisotopic (exact) mass is 253 g/mol. The predicted octanol–water partition coefficient (Wildman–Crippen LogP) is 3.73. The van der Waals surface area contributed by atoms with Crippen molar-refractivity contribution in [3.05, 3.63) is 28.3 Å². The van der Waals surface area contributed by atoms with Crippen LogP contribution in [0, 0.1) is 0 Å². The average molecular weight is 254 g/mol. The topological polar surface area (TPSA) is 46.2 Å². The number of aromatic hydroxyl groups is 1. The largest absolute Gasteiger partial charge is 0.507 e. The lowest BCUT2D eigenvalue weighted by molar-refractivity contribution is 0.291. The first-order valence-electron chi connectivity index (χ1n) is 6.37. The summed E-state index contributed by atoms with van der Waals surface area (Å²) in [5, 5.41) is 11.0. The molecule has 0 amide bonds. The van der Waals surface area contributed by atoms with Crippen molar-refractivity contribution in [3.8, 4) is 5.75 Å². The molecule has 0 atom stereocenters. The standard InChI is InChI=1S/C14H20ClNO/c1-2-10-8-11(15)9-12(13(10)17)14(16)6-4-3-5-7-14/h8-9,17H,2-7,16H2,1H3. The minimum atomic E-state index is -0.392. The van der Waals surface area contributed by atoms with Gasteiger partial charge in [0.05, 0.1) is 0 Å². The van der Waals surface area contributed by atoms with E-state index in [-0.39, 0.29) is 0 Å². The molecule has 17 heavy (non-hydrogen) atoms. The summed E-state index contributed by atoms with van der Waals surface area (Å²) in [6.45, 7) is 2.01. The van der Waals surface area contributed by atoms with Crippen LogP contribution in [-0.4, -0.2) is 5.11 Å². The lowest BCUT2D eigenvalue weighted by atomic mass is 9.76. The Kier molecular flexibility index (Phi) is 3.64. The van der Waals surface area contributed by atoms with Gasteiger partial charge in [-0.1, -0.05) is 37.8 Å². The van der Waals surface area contributed by atoms with Crippen LogP contribution in [0.4, 0.5) is 0 Å². The van der Waals surface area contributed by atoms with Crippen LogP contribution in [0.5, 0.6) is 5.75 Å². The highest BCUT2D eigenvalue weighted by Gasteiger charge is 2.32. The first kappa shape index (κ1) is 12.7. The Hall–Kier alpha value is -0.730. The molecule has 1 aliphatic rings. The number of halogens is 1. The van der Waals surface area contributed by atoms with E-state index in [1.54, 1.807) is 0 Å². The molecule has 2 rings (SSSR count). The quantitative estimate of drug-likeness (QED) is 0.844. The molecule has 3 heteroatoms. The lowest BCUT2D eigenvalue weighted by Gasteiger charge is -2.35. The average Bonchev–Trinajstić information content (AvgIpc) is 2.32. The molecule has 94 valence electrons. The second-order valence-corrected chi connectivity index (χ2v) is 5.47. The zero-order valence-corrected chi connectivity index (χ0v) is 11.1. The van der Waals surface area contributed by atoms with Crippen molar-refractivity contribution in [2.45, 2.75) is 51.0 Å². The molecule has 3 N–H and O–H groups in total. The Morgan fingerprint density at radius 2 is 1.94 bits per heavy atom. The molecule has 2 nitrogen and oxygen atoms in total. The van der Waals surface area contributed by atoms with Crippen molar-refractivity contribution < 1.29 is 5.11 Å². The van der Waals surface area contributed by atoms with E-state index in [1.807, 2.05) is 19.1 Å². The van der Waals surface area contributed by atoms with Gasteiger partial charge in [-0.15, -0.1) is 0 Å². The first-order valence-corrected chi connectivity index (χ1v) is 6.75. The molecular weight excluding hydrogens is 234 g/mol. The van der Waals surface area contributed by atoms with E-state index in [0.29, 0.717) is 10.8 Å². The number of hydrogen-bond acceptors (Lipinski definition) is 2. The van der Waals surface area contributed by atoms with Crippen LogP contribution in [0.3, 0.4) is 0 Å². The molecule has 1 fully saturated rings. The Morgan fingerprint density at radius 3 is 2.53 bits per heavy atom. The summed E-state index contributed by atoms with van der Waals surface area (Å²) in [5.74, 6) is 0.348. The Morgan fingerprint density at radius 1 is 1.29 bits per heavy atom. The molecule has 0 spiro atoms. The van der Waals surface area contributed by atoms with Gasteiger partial charge in [0.1, 0.15) is 5.75 Å². The van der Waals surface area contributed by atoms with Crippen LogP contribution in [0.15, 0.2) is 12.1 Å². The summed E-state index contributed by atoms with van der Waals surface area (Å²) < 4.78 is 0. The molecule has 1 aliphatic carbocycles. The van der Waals surface area contributed by atoms with E-state index in [1.165, 1.54) is 6.42 Å². The van der Waals surface area contributed by atoms with Gasteiger partial charge in [0.2, 0.25) is 0 Å². The number of phenols is 1. The summed E-state index contributed by atoms with van der Waals surface area (Å²) in [7, 11) is 0. The Bertz CT molecular complexity index is 411. The highest BCUT2D eigenvalue weighted by molar-refractivity contribution is 6.30. The SMILES string of the molecule is CCc1cc(Cl)cc(C2(N)CCCCC2)c1O. The number of benzene rings is 1. The summed E-state index contributed by atoms with van der Waals surface area (Å²) in [4.78, 5) is 0. The molecule has 0 aromatic heterocycles. The molecule has 0 unspecified atom stereocenters. The number of aryl methyl sites for hydroxylation is 1. The number of nitrogens with two attached hydrogens (primary N) is 1. The molecule has 1 aromatic rings. The van der Waals surface area contributed by atoms with E-state index in [9.17, 15) is 5.11 Å². The summed E-state index contributed by atoms with van der Waals surface area (Å²) >= 11 is 6.12. The maximum Gasteiger partial charge on any atom is 0.123 e. The predicted molar refractivity (Wildman–Crippen MR) is 71.4 cm³/mol. The minimum Gasteiger partial charge on any atom is -0.507 e. The third-order valence-electron chi connectivity index (χ3n) is 3.82. The van der Waals surface area contributed by atoms with Crippen LogP contribution < -0.4 is 5.73 Å². The molecule has 0 heterocycles. The fraction of sp³-hybridized carbons (Fsp3) is 0.571. The van der Waals surface area contributed by atoms with Gasteiger partial charge < -0.3 is 10.8 Å². The van der Waals surface area contributed by atoms with Gasteiger partial charge >= 0.3 is 0 Å². The summed E-state index contributed by atoms with van der Waals surface area (Å²) in [6, 6.07) is 3.66. The van der Waals surface area contributed by atoms with Crippen LogP contribution in [-0.2, 0) is 12.0 Å². The van der Waals surface area contributed by atoms with E-state index in [2.05, 4.69) is 0 Å². The van der Waals surface area contributed by atoms with Gasteiger partial charge in [0.25, 0.3) is 0 Å². The number of rotatable bonds is 2. The van der Waals surface area contributed by atoms with E-state index in [0.717, 1.165) is 43.2 Å². The van der Waals surface area contributed by atoms with Crippen molar-refractivity contribution in [3.63, 3.8) is 0 Å². The van der Waals surface area contributed by atoms with E-state index >= 15 is 0 Å². The molecule has 1 saturated carbocycles. The van der Waals surface area contributed by atoms with Crippen LogP contribution in [0.2, 0.25) is 5.02 Å². The molecule has 0 bridgehead atoms. The molecule has 0 saturated heterocycles. The molecular formula is C14H20ClNO. The van der Waals surface area contributed by atoms with Crippen molar-refractivity contribution in [2.75, 3.05) is 0 Å². The van der Waals surface area contributed by atoms with Crippen LogP contribution in [0.1, 0.15) is 50.2 Å². The third kappa shape index (κ3) is 2.43. The summed E-state index contributed by atoms with van der Waals surface area (Å²) in [6.07, 6.45) is 6.14. The fourth-order valence-electron chi connectivity index (χ4n) is 2.76. The smallest absolute Gasteiger partial charge is 0.123 e. The van der Waals surface area contributed by atoms with Gasteiger partial charge in [-0.05, 0) is 37.0 Å². The van der Waals surface area contributed by atoms with Gasteiger partial charge in [-0.25, -0.2) is 0 Å². The Labute approximate surface area is 108 Å². The molecule has 0 radical (unpaired) electrons. The third-order valence-corrected chi connectivity index (χ3v) is 4.03. The Balaban J connectivity index is 2.46. The normalized spacial score (nSPS) is 19.2. The fourth-order valence-corrected chi connectivity index (χ4v) is 3.00. The first-order chi connectivity index (χ1) is 8.07. The highest BCUT2D eigenvalue weighted by atomic mass is 35.5. The number of hydrogen-bond donors (Lipinski definition) is 2. The van der Waals surface area contributed by atoms with Gasteiger partial charge in [-0.3, -0.25) is 0 Å². The van der Waals surface area contributed by atoms with Crippen molar-refractivity contribution in [1.82, 2.24) is 0 Å². The highest BCUT2D eigenvalue weighted by Crippen LogP contribution is 2.41. The minimum absolute atomic E-state index is 0.348. The second-order valence-electron chi connectivity index (χ2n) is 5.03. The van der Waals surface area contributed by atoms with Crippen molar-refractivity contribution >= 4 is 11.6 Å². The number of phenolic OH excluding ortho intramolecular Hbond substituents is 1. The maximum absolute atomic E-state index is 10.3. The van der Waals surface area contributed by atoms with Gasteiger partial charge in [-0.2, -0.15) is 0 Å².